The van der Waals surface area contributed by atoms with Gasteiger partial charge in [0.25, 0.3) is 0 Å². The predicted octanol–water partition coefficient (Wildman–Crippen LogP) is 2.23. The summed E-state index contributed by atoms with van der Waals surface area (Å²) in [5, 5.41) is 1.09. The largest absolute Gasteiger partial charge is 0.231 e. The van der Waals surface area contributed by atoms with E-state index in [-0.39, 0.29) is 0 Å². The molecular weight excluding hydrogens is 251 g/mol. The maximum atomic E-state index is 4.25. The third-order valence-electron chi connectivity index (χ3n) is 1.46. The van der Waals surface area contributed by atoms with Gasteiger partial charge in [0, 0.05) is 34.2 Å². The molecule has 0 fully saturated rings. The molecule has 0 radical (unpaired) electrons. The normalized spacial score (nSPS) is 10.3. The van der Waals surface area contributed by atoms with Gasteiger partial charge in [0.2, 0.25) is 0 Å². The van der Waals surface area contributed by atoms with Crippen LogP contribution in [0, 0.1) is 3.83 Å². The number of aromatic nitrogens is 2. The second kappa shape index (κ2) is 2.73. The first-order chi connectivity index (χ1) is 5.36. The summed E-state index contributed by atoms with van der Waals surface area (Å²) in [5.74, 6) is 0. The third kappa shape index (κ3) is 1.33. The Bertz CT molecular complexity index is 387. The minimum Gasteiger partial charge on any atom is -0.231 e. The van der Waals surface area contributed by atoms with Crippen molar-refractivity contribution in [1.29, 1.82) is 0 Å². The average Bonchev–Trinajstić information content (AvgIpc) is 2.04. The van der Waals surface area contributed by atoms with Crippen LogP contribution in [0.15, 0.2) is 30.5 Å². The van der Waals surface area contributed by atoms with Crippen molar-refractivity contribution in [3.8, 4) is 0 Å². The molecule has 1 aromatic carbocycles. The molecule has 0 amide bonds. The molecule has 0 unspecified atom stereocenters. The van der Waals surface area contributed by atoms with Gasteiger partial charge in [0.15, 0.2) is 3.83 Å². The minimum absolute atomic E-state index is 0.793. The summed E-state index contributed by atoms with van der Waals surface area (Å²) in [5.41, 5.74) is 1.01. The molecule has 0 saturated carbocycles. The topological polar surface area (TPSA) is 25.8 Å². The van der Waals surface area contributed by atoms with E-state index < -0.39 is 0 Å². The van der Waals surface area contributed by atoms with Gasteiger partial charge < -0.3 is 0 Å². The highest BCUT2D eigenvalue weighted by Gasteiger charge is 1.93. The van der Waals surface area contributed by atoms with Crippen molar-refractivity contribution in [3.63, 3.8) is 0 Å². The fraction of sp³-hybridized carbons (Fsp3) is 0. The van der Waals surface area contributed by atoms with Crippen LogP contribution < -0.4 is 0 Å². The number of para-hydroxylation sites is 1. The second-order valence-corrected chi connectivity index (χ2v) is 3.16. The van der Waals surface area contributed by atoms with Gasteiger partial charge in [0.1, 0.15) is 0 Å². The first kappa shape index (κ1) is 6.97. The van der Waals surface area contributed by atoms with Crippen molar-refractivity contribution < 1.29 is 0 Å². The van der Waals surface area contributed by atoms with Gasteiger partial charge in [-0.25, -0.2) is 9.97 Å². The van der Waals surface area contributed by atoms with Gasteiger partial charge in [-0.2, -0.15) is 0 Å². The van der Waals surface area contributed by atoms with Crippen molar-refractivity contribution in [2.75, 3.05) is 0 Å². The van der Waals surface area contributed by atoms with Crippen molar-refractivity contribution in [2.24, 2.45) is 0 Å². The van der Waals surface area contributed by atoms with Crippen LogP contribution in [-0.2, 0) is 0 Å². The van der Waals surface area contributed by atoms with Crippen molar-refractivity contribution >= 4 is 33.5 Å². The average molecular weight is 256 g/mol. The Morgan fingerprint density at radius 1 is 1.18 bits per heavy atom. The van der Waals surface area contributed by atoms with Gasteiger partial charge >= 0.3 is 0 Å². The summed E-state index contributed by atoms with van der Waals surface area (Å²) in [4.78, 5) is 8.33. The summed E-state index contributed by atoms with van der Waals surface area (Å²) in [6, 6.07) is 7.95. The van der Waals surface area contributed by atoms with Gasteiger partial charge in [-0.15, -0.1) is 0 Å². The zero-order chi connectivity index (χ0) is 7.68. The molecule has 1 aromatic heterocycles. The van der Waals surface area contributed by atoms with Crippen LogP contribution >= 0.6 is 22.6 Å². The predicted molar refractivity (Wildman–Crippen MR) is 52.3 cm³/mol. The molecule has 2 rings (SSSR count). The lowest BCUT2D eigenvalue weighted by atomic mass is 10.2. The van der Waals surface area contributed by atoms with Crippen LogP contribution in [0.1, 0.15) is 0 Å². The Hall–Kier alpha value is -0.710. The van der Waals surface area contributed by atoms with E-state index in [4.69, 9.17) is 0 Å². The van der Waals surface area contributed by atoms with E-state index >= 15 is 0 Å². The highest BCUT2D eigenvalue weighted by atomic mass is 127. The zero-order valence-corrected chi connectivity index (χ0v) is 7.82. The maximum absolute atomic E-state index is 4.25. The lowest BCUT2D eigenvalue weighted by Crippen LogP contribution is -1.85. The van der Waals surface area contributed by atoms with Crippen molar-refractivity contribution in [1.82, 2.24) is 9.97 Å². The van der Waals surface area contributed by atoms with Gasteiger partial charge in [-0.1, -0.05) is 18.2 Å². The Morgan fingerprint density at radius 3 is 2.91 bits per heavy atom. The van der Waals surface area contributed by atoms with E-state index in [9.17, 15) is 0 Å². The molecule has 0 spiro atoms. The quantitative estimate of drug-likeness (QED) is 0.533. The third-order valence-corrected chi connectivity index (χ3v) is 1.98. The SMILES string of the molecule is Ic1ncc2ccccc2n1. The Labute approximate surface area is 77.8 Å². The first-order valence-corrected chi connectivity index (χ1v) is 4.31. The fourth-order valence-corrected chi connectivity index (χ4v) is 1.35. The number of rotatable bonds is 0. The van der Waals surface area contributed by atoms with Gasteiger partial charge in [-0.05, 0) is 6.07 Å². The summed E-state index contributed by atoms with van der Waals surface area (Å²) >= 11 is 2.11. The molecule has 0 saturated heterocycles. The standard InChI is InChI=1S/C8H5IN2/c9-8-10-5-6-3-1-2-4-7(6)11-8/h1-5H. The molecule has 0 N–H and O–H groups in total. The molecule has 0 aliphatic heterocycles. The molecule has 0 aliphatic carbocycles. The molecule has 11 heavy (non-hydrogen) atoms. The van der Waals surface area contributed by atoms with Crippen LogP contribution in [0.4, 0.5) is 0 Å². The molecule has 2 nitrogen and oxygen atoms in total. The minimum atomic E-state index is 0.793. The smallest absolute Gasteiger partial charge is 0.191 e. The molecule has 1 heterocycles. The molecule has 2 aromatic rings. The van der Waals surface area contributed by atoms with E-state index in [1.54, 1.807) is 0 Å². The summed E-state index contributed by atoms with van der Waals surface area (Å²) < 4.78 is 0.793. The van der Waals surface area contributed by atoms with E-state index in [2.05, 4.69) is 32.6 Å². The van der Waals surface area contributed by atoms with Crippen LogP contribution in [0.3, 0.4) is 0 Å². The lowest BCUT2D eigenvalue weighted by Gasteiger charge is -1.94. The van der Waals surface area contributed by atoms with Crippen LogP contribution in [0.25, 0.3) is 10.9 Å². The zero-order valence-electron chi connectivity index (χ0n) is 5.66. The van der Waals surface area contributed by atoms with E-state index in [0.29, 0.717) is 0 Å². The van der Waals surface area contributed by atoms with Crippen molar-refractivity contribution in [2.45, 2.75) is 0 Å². The van der Waals surface area contributed by atoms with Crippen LogP contribution in [-0.4, -0.2) is 9.97 Å². The number of benzene rings is 1. The highest BCUT2D eigenvalue weighted by Crippen LogP contribution is 2.09. The van der Waals surface area contributed by atoms with Gasteiger partial charge in [-0.3, -0.25) is 0 Å². The fourth-order valence-electron chi connectivity index (χ4n) is 0.950. The summed E-state index contributed by atoms with van der Waals surface area (Å²) in [6.07, 6.45) is 1.84. The monoisotopic (exact) mass is 256 g/mol. The molecular formula is C8H5IN2. The van der Waals surface area contributed by atoms with Crippen LogP contribution in [0.5, 0.6) is 0 Å². The Balaban J connectivity index is 2.83. The Kier molecular flexibility index (Phi) is 1.73. The Morgan fingerprint density at radius 2 is 2.00 bits per heavy atom. The number of nitrogens with zero attached hydrogens (tertiary/aromatic N) is 2. The van der Waals surface area contributed by atoms with E-state index in [0.717, 1.165) is 14.7 Å². The first-order valence-electron chi connectivity index (χ1n) is 3.23. The van der Waals surface area contributed by atoms with Crippen LogP contribution in [0.2, 0.25) is 0 Å². The lowest BCUT2D eigenvalue weighted by molar-refractivity contribution is 1.15. The number of fused-ring (bicyclic) bond motifs is 1. The number of hydrogen-bond donors (Lipinski definition) is 0. The maximum Gasteiger partial charge on any atom is 0.191 e. The molecule has 0 aliphatic rings. The van der Waals surface area contributed by atoms with Crippen molar-refractivity contribution in [3.05, 3.63) is 34.3 Å². The second-order valence-electron chi connectivity index (χ2n) is 2.20. The molecule has 0 bridgehead atoms. The highest BCUT2D eigenvalue weighted by molar-refractivity contribution is 14.1. The molecule has 3 heteroatoms. The number of halogens is 1. The van der Waals surface area contributed by atoms with E-state index in [1.807, 2.05) is 30.5 Å². The molecule has 54 valence electrons. The summed E-state index contributed by atoms with van der Waals surface area (Å²) in [7, 11) is 0. The number of hydrogen-bond acceptors (Lipinski definition) is 2. The van der Waals surface area contributed by atoms with Gasteiger partial charge in [0.05, 0.1) is 5.52 Å². The van der Waals surface area contributed by atoms with E-state index in [1.165, 1.54) is 0 Å². The summed E-state index contributed by atoms with van der Waals surface area (Å²) in [6.45, 7) is 0. The molecule has 0 atom stereocenters.